The Morgan fingerprint density at radius 2 is 1.78 bits per heavy atom. The van der Waals surface area contributed by atoms with E-state index in [4.69, 9.17) is 10.8 Å². The Balaban J connectivity index is 4.36. The predicted molar refractivity (Wildman–Crippen MR) is 71.0 cm³/mol. The molecular weight excluding hydrogens is 232 g/mol. The minimum absolute atomic E-state index is 0.135. The molecule has 5 nitrogen and oxygen atoms in total. The molecule has 0 saturated heterocycles. The summed E-state index contributed by atoms with van der Waals surface area (Å²) in [4.78, 5) is 22.8. The molecule has 106 valence electrons. The lowest BCUT2D eigenvalue weighted by Gasteiger charge is -2.26. The van der Waals surface area contributed by atoms with Gasteiger partial charge in [-0.3, -0.25) is 9.59 Å². The van der Waals surface area contributed by atoms with Crippen molar-refractivity contribution in [3.05, 3.63) is 0 Å². The summed E-state index contributed by atoms with van der Waals surface area (Å²) in [5.41, 5.74) is 5.47. The molecule has 0 aromatic rings. The molecule has 2 atom stereocenters. The van der Waals surface area contributed by atoms with Gasteiger partial charge in [0.2, 0.25) is 5.91 Å². The van der Waals surface area contributed by atoms with Gasteiger partial charge in [0.05, 0.1) is 12.0 Å². The zero-order valence-corrected chi connectivity index (χ0v) is 12.0. The van der Waals surface area contributed by atoms with Crippen molar-refractivity contribution in [3.63, 3.8) is 0 Å². The Hall–Kier alpha value is -1.10. The van der Waals surface area contributed by atoms with Gasteiger partial charge in [-0.2, -0.15) is 0 Å². The fraction of sp³-hybridized carbons (Fsp3) is 0.846. The third-order valence-electron chi connectivity index (χ3n) is 2.84. The second-order valence-electron chi connectivity index (χ2n) is 6.25. The molecule has 0 fully saturated rings. The summed E-state index contributed by atoms with van der Waals surface area (Å²) in [5.74, 6) is -1.45. The molecule has 1 unspecified atom stereocenters. The second kappa shape index (κ2) is 6.73. The fourth-order valence-electron chi connectivity index (χ4n) is 1.57. The first kappa shape index (κ1) is 16.9. The van der Waals surface area contributed by atoms with Crippen LogP contribution in [-0.4, -0.2) is 29.6 Å². The minimum atomic E-state index is -0.881. The molecule has 18 heavy (non-hydrogen) atoms. The second-order valence-corrected chi connectivity index (χ2v) is 6.25. The Kier molecular flexibility index (Phi) is 6.32. The zero-order chi connectivity index (χ0) is 14.5. The van der Waals surface area contributed by atoms with Crippen LogP contribution in [0, 0.1) is 17.3 Å². The SMILES string of the molecule is CC(C)CC(CNC(=O)[C@H](N)C(C)(C)C)C(=O)O. The van der Waals surface area contributed by atoms with Crippen molar-refractivity contribution in [2.24, 2.45) is 23.0 Å². The zero-order valence-electron chi connectivity index (χ0n) is 12.0. The highest BCUT2D eigenvalue weighted by Crippen LogP contribution is 2.17. The lowest BCUT2D eigenvalue weighted by Crippen LogP contribution is -2.50. The normalized spacial score (nSPS) is 15.3. The molecule has 1 amide bonds. The Morgan fingerprint density at radius 1 is 1.28 bits per heavy atom. The van der Waals surface area contributed by atoms with Crippen LogP contribution in [0.1, 0.15) is 41.0 Å². The van der Waals surface area contributed by atoms with Gasteiger partial charge in [-0.25, -0.2) is 0 Å². The van der Waals surface area contributed by atoms with Gasteiger partial charge in [0.15, 0.2) is 0 Å². The molecule has 0 aliphatic rings. The quantitative estimate of drug-likeness (QED) is 0.668. The average molecular weight is 258 g/mol. The van der Waals surface area contributed by atoms with Crippen LogP contribution in [0.3, 0.4) is 0 Å². The van der Waals surface area contributed by atoms with Gasteiger partial charge in [0.1, 0.15) is 0 Å². The summed E-state index contributed by atoms with van der Waals surface area (Å²) in [7, 11) is 0. The van der Waals surface area contributed by atoms with E-state index >= 15 is 0 Å². The van der Waals surface area contributed by atoms with Gasteiger partial charge < -0.3 is 16.2 Å². The van der Waals surface area contributed by atoms with Crippen LogP contribution in [0.4, 0.5) is 0 Å². The Bertz CT molecular complexity index is 295. The van der Waals surface area contributed by atoms with Crippen LogP contribution in [0.2, 0.25) is 0 Å². The highest BCUT2D eigenvalue weighted by Gasteiger charge is 2.28. The number of aliphatic carboxylic acids is 1. The summed E-state index contributed by atoms with van der Waals surface area (Å²) in [5, 5.41) is 11.7. The number of hydrogen-bond acceptors (Lipinski definition) is 3. The van der Waals surface area contributed by atoms with Crippen molar-refractivity contribution < 1.29 is 14.7 Å². The number of nitrogens with two attached hydrogens (primary N) is 1. The summed E-state index contributed by atoms with van der Waals surface area (Å²) in [6, 6.07) is -0.633. The molecule has 0 radical (unpaired) electrons. The maximum absolute atomic E-state index is 11.8. The van der Waals surface area contributed by atoms with E-state index in [1.165, 1.54) is 0 Å². The summed E-state index contributed by atoms with van der Waals surface area (Å²) in [6.45, 7) is 9.67. The third-order valence-corrected chi connectivity index (χ3v) is 2.84. The molecule has 0 saturated carbocycles. The first-order valence-electron chi connectivity index (χ1n) is 6.31. The summed E-state index contributed by atoms with van der Waals surface area (Å²) in [6.07, 6.45) is 0.542. The number of carboxylic acid groups (broad SMARTS) is 1. The van der Waals surface area contributed by atoms with E-state index in [0.717, 1.165) is 0 Å². The lowest BCUT2D eigenvalue weighted by atomic mass is 9.87. The largest absolute Gasteiger partial charge is 0.481 e. The van der Waals surface area contributed by atoms with Crippen LogP contribution in [0.15, 0.2) is 0 Å². The molecular formula is C13H26N2O3. The highest BCUT2D eigenvalue weighted by atomic mass is 16.4. The number of carbonyl (C=O) groups is 2. The standard InChI is InChI=1S/C13H26N2O3/c1-8(2)6-9(12(17)18)7-15-11(16)10(14)13(3,4)5/h8-10H,6-7,14H2,1-5H3,(H,15,16)(H,17,18)/t9?,10-/m0/s1. The van der Waals surface area contributed by atoms with E-state index in [1.54, 1.807) is 0 Å². The van der Waals surface area contributed by atoms with E-state index in [2.05, 4.69) is 5.32 Å². The molecule has 0 spiro atoms. The van der Waals surface area contributed by atoms with Crippen molar-refractivity contribution in [3.8, 4) is 0 Å². The molecule has 0 aliphatic carbocycles. The van der Waals surface area contributed by atoms with Crippen molar-refractivity contribution >= 4 is 11.9 Å². The molecule has 0 aliphatic heterocycles. The van der Waals surface area contributed by atoms with Crippen LogP contribution in [0.5, 0.6) is 0 Å². The third kappa shape index (κ3) is 6.00. The van der Waals surface area contributed by atoms with E-state index in [0.29, 0.717) is 6.42 Å². The molecule has 4 N–H and O–H groups in total. The van der Waals surface area contributed by atoms with Crippen LogP contribution in [0.25, 0.3) is 0 Å². The van der Waals surface area contributed by atoms with E-state index < -0.39 is 17.9 Å². The number of nitrogens with one attached hydrogen (secondary N) is 1. The molecule has 5 heteroatoms. The summed E-state index contributed by atoms with van der Waals surface area (Å²) < 4.78 is 0. The van der Waals surface area contributed by atoms with Gasteiger partial charge in [-0.15, -0.1) is 0 Å². The van der Waals surface area contributed by atoms with Gasteiger partial charge in [-0.1, -0.05) is 34.6 Å². The maximum atomic E-state index is 11.8. The lowest BCUT2D eigenvalue weighted by molar-refractivity contribution is -0.142. The first-order valence-corrected chi connectivity index (χ1v) is 6.31. The Labute approximate surface area is 109 Å². The van der Waals surface area contributed by atoms with E-state index in [-0.39, 0.29) is 23.8 Å². The molecule has 0 bridgehead atoms. The number of hydrogen-bond donors (Lipinski definition) is 3. The van der Waals surface area contributed by atoms with Crippen molar-refractivity contribution in [2.75, 3.05) is 6.54 Å². The smallest absolute Gasteiger partial charge is 0.308 e. The summed E-state index contributed by atoms with van der Waals surface area (Å²) >= 11 is 0. The van der Waals surface area contributed by atoms with Gasteiger partial charge >= 0.3 is 5.97 Å². The fourth-order valence-corrected chi connectivity index (χ4v) is 1.57. The number of carboxylic acids is 1. The first-order chi connectivity index (χ1) is 8.05. The van der Waals surface area contributed by atoms with E-state index in [1.807, 2.05) is 34.6 Å². The van der Waals surface area contributed by atoms with Crippen LogP contribution < -0.4 is 11.1 Å². The number of amides is 1. The van der Waals surface area contributed by atoms with E-state index in [9.17, 15) is 9.59 Å². The molecule has 0 rings (SSSR count). The van der Waals surface area contributed by atoms with Gasteiger partial charge in [0, 0.05) is 6.54 Å². The van der Waals surface area contributed by atoms with Gasteiger partial charge in [0.25, 0.3) is 0 Å². The van der Waals surface area contributed by atoms with Gasteiger partial charge in [-0.05, 0) is 17.8 Å². The highest BCUT2D eigenvalue weighted by molar-refractivity contribution is 5.82. The predicted octanol–water partition coefficient (Wildman–Crippen LogP) is 1.22. The maximum Gasteiger partial charge on any atom is 0.308 e. The van der Waals surface area contributed by atoms with Crippen LogP contribution >= 0.6 is 0 Å². The van der Waals surface area contributed by atoms with Crippen LogP contribution in [-0.2, 0) is 9.59 Å². The number of rotatable bonds is 6. The molecule has 0 aromatic carbocycles. The minimum Gasteiger partial charge on any atom is -0.481 e. The Morgan fingerprint density at radius 3 is 2.11 bits per heavy atom. The van der Waals surface area contributed by atoms with Crippen molar-refractivity contribution in [1.82, 2.24) is 5.32 Å². The monoisotopic (exact) mass is 258 g/mol. The van der Waals surface area contributed by atoms with Crippen molar-refractivity contribution in [1.29, 1.82) is 0 Å². The molecule has 0 heterocycles. The number of carbonyl (C=O) groups excluding carboxylic acids is 1. The average Bonchev–Trinajstić information content (AvgIpc) is 2.20. The molecule has 0 aromatic heterocycles. The topological polar surface area (TPSA) is 92.4 Å². The van der Waals surface area contributed by atoms with Crippen molar-refractivity contribution in [2.45, 2.75) is 47.1 Å².